The van der Waals surface area contributed by atoms with Crippen molar-refractivity contribution < 1.29 is 14.3 Å². The molecular weight excluding hydrogens is 418 g/mol. The number of ether oxygens (including phenoxy) is 2. The molecule has 0 unspecified atom stereocenters. The molecule has 3 rings (SSSR count). The molecule has 0 atom stereocenters. The minimum Gasteiger partial charge on any atom is -0.490 e. The summed E-state index contributed by atoms with van der Waals surface area (Å²) in [5.74, 6) is 1.39. The predicted molar refractivity (Wildman–Crippen MR) is 114 cm³/mol. The Morgan fingerprint density at radius 1 is 0.857 bits per heavy atom. The Labute approximate surface area is 173 Å². The van der Waals surface area contributed by atoms with Crippen LogP contribution in [-0.4, -0.2) is 25.7 Å². The summed E-state index contributed by atoms with van der Waals surface area (Å²) in [6.07, 6.45) is 0.802. The van der Waals surface area contributed by atoms with Crippen LogP contribution in [0.1, 0.15) is 15.9 Å². The number of hydrogen-bond donors (Lipinski definition) is 1. The number of hydrogen-bond acceptors (Lipinski definition) is 3. The lowest BCUT2D eigenvalue weighted by Crippen LogP contribution is -2.25. The molecule has 0 radical (unpaired) electrons. The Bertz CT molecular complexity index is 885. The van der Waals surface area contributed by atoms with Crippen molar-refractivity contribution in [2.24, 2.45) is 0 Å². The van der Waals surface area contributed by atoms with Gasteiger partial charge in [0.15, 0.2) is 0 Å². The van der Waals surface area contributed by atoms with Crippen LogP contribution in [0.4, 0.5) is 0 Å². The van der Waals surface area contributed by atoms with E-state index in [2.05, 4.69) is 33.4 Å². The summed E-state index contributed by atoms with van der Waals surface area (Å²) < 4.78 is 12.1. The number of amides is 1. The number of halogens is 1. The van der Waals surface area contributed by atoms with Crippen molar-refractivity contribution in [3.05, 3.63) is 94.5 Å². The molecule has 3 aromatic carbocycles. The van der Waals surface area contributed by atoms with Gasteiger partial charge in [0.2, 0.25) is 0 Å². The van der Waals surface area contributed by atoms with Gasteiger partial charge in [-0.3, -0.25) is 4.79 Å². The maximum atomic E-state index is 12.3. The summed E-state index contributed by atoms with van der Waals surface area (Å²) in [6.45, 7) is 1.45. The second kappa shape index (κ2) is 10.5. The van der Waals surface area contributed by atoms with E-state index in [1.165, 1.54) is 5.56 Å². The number of para-hydroxylation sites is 1. The van der Waals surface area contributed by atoms with E-state index in [1.54, 1.807) is 18.2 Å². The number of benzene rings is 3. The third-order valence-corrected chi connectivity index (χ3v) is 4.71. The summed E-state index contributed by atoms with van der Waals surface area (Å²) in [7, 11) is 0. The highest BCUT2D eigenvalue weighted by atomic mass is 79.9. The first kappa shape index (κ1) is 20.0. The highest BCUT2D eigenvalue weighted by Gasteiger charge is 2.09. The number of rotatable bonds is 9. The van der Waals surface area contributed by atoms with Crippen molar-refractivity contribution >= 4 is 21.8 Å². The van der Waals surface area contributed by atoms with Crippen LogP contribution in [0.15, 0.2) is 83.3 Å². The first-order valence-electron chi connectivity index (χ1n) is 9.15. The van der Waals surface area contributed by atoms with E-state index in [1.807, 2.05) is 48.5 Å². The van der Waals surface area contributed by atoms with Crippen LogP contribution >= 0.6 is 15.9 Å². The molecule has 0 aliphatic heterocycles. The first-order chi connectivity index (χ1) is 13.7. The Kier molecular flexibility index (Phi) is 7.50. The molecule has 3 aromatic rings. The van der Waals surface area contributed by atoms with Gasteiger partial charge in [0.25, 0.3) is 5.91 Å². The fourth-order valence-electron chi connectivity index (χ4n) is 2.65. The van der Waals surface area contributed by atoms with E-state index in [9.17, 15) is 4.79 Å². The van der Waals surface area contributed by atoms with Gasteiger partial charge in [-0.15, -0.1) is 0 Å². The van der Waals surface area contributed by atoms with E-state index in [4.69, 9.17) is 9.47 Å². The van der Waals surface area contributed by atoms with Crippen LogP contribution in [-0.2, 0) is 6.42 Å². The zero-order valence-electron chi connectivity index (χ0n) is 15.4. The van der Waals surface area contributed by atoms with Gasteiger partial charge >= 0.3 is 0 Å². The third-order valence-electron chi connectivity index (χ3n) is 4.09. The smallest absolute Gasteiger partial charge is 0.251 e. The fraction of sp³-hybridized carbons (Fsp3) is 0.174. The Morgan fingerprint density at radius 3 is 2.25 bits per heavy atom. The highest BCUT2D eigenvalue weighted by Crippen LogP contribution is 2.26. The molecule has 0 aliphatic carbocycles. The monoisotopic (exact) mass is 439 g/mol. The lowest BCUT2D eigenvalue weighted by molar-refractivity contribution is 0.0954. The first-order valence-corrected chi connectivity index (χ1v) is 9.94. The summed E-state index contributed by atoms with van der Waals surface area (Å²) in [5.41, 5.74) is 1.79. The molecule has 5 heteroatoms. The molecule has 4 nitrogen and oxygen atoms in total. The van der Waals surface area contributed by atoms with E-state index in [-0.39, 0.29) is 5.91 Å². The summed E-state index contributed by atoms with van der Waals surface area (Å²) >= 11 is 3.47. The van der Waals surface area contributed by atoms with Crippen LogP contribution in [0.5, 0.6) is 11.5 Å². The van der Waals surface area contributed by atoms with Gasteiger partial charge in [-0.1, -0.05) is 48.5 Å². The summed E-state index contributed by atoms with van der Waals surface area (Å²) in [4.78, 5) is 12.3. The van der Waals surface area contributed by atoms with E-state index < -0.39 is 0 Å². The van der Waals surface area contributed by atoms with Crippen LogP contribution in [0, 0.1) is 0 Å². The quantitative estimate of drug-likeness (QED) is 0.483. The minimum absolute atomic E-state index is 0.101. The van der Waals surface area contributed by atoms with Crippen molar-refractivity contribution in [1.29, 1.82) is 0 Å². The highest BCUT2D eigenvalue weighted by molar-refractivity contribution is 9.10. The van der Waals surface area contributed by atoms with Crippen molar-refractivity contribution in [3.63, 3.8) is 0 Å². The fourth-order valence-corrected chi connectivity index (χ4v) is 3.15. The molecule has 144 valence electrons. The van der Waals surface area contributed by atoms with Crippen LogP contribution < -0.4 is 14.8 Å². The van der Waals surface area contributed by atoms with Gasteiger partial charge in [0, 0.05) is 12.1 Å². The van der Waals surface area contributed by atoms with E-state index in [0.717, 1.165) is 16.6 Å². The van der Waals surface area contributed by atoms with Gasteiger partial charge in [-0.25, -0.2) is 0 Å². The second-order valence-corrected chi connectivity index (χ2v) is 7.00. The number of nitrogens with one attached hydrogen (secondary N) is 1. The molecule has 0 saturated heterocycles. The molecule has 0 fully saturated rings. The zero-order chi connectivity index (χ0) is 19.6. The Hall–Kier alpha value is -2.79. The van der Waals surface area contributed by atoms with Gasteiger partial charge < -0.3 is 14.8 Å². The number of carbonyl (C=O) groups is 1. The molecule has 0 spiro atoms. The normalized spacial score (nSPS) is 10.3. The second-order valence-electron chi connectivity index (χ2n) is 6.15. The van der Waals surface area contributed by atoms with Gasteiger partial charge in [0.05, 0.1) is 4.47 Å². The molecule has 0 saturated carbocycles. The summed E-state index contributed by atoms with van der Waals surface area (Å²) in [6, 6.07) is 25.0. The van der Waals surface area contributed by atoms with Crippen LogP contribution in [0.25, 0.3) is 0 Å². The summed E-state index contributed by atoms with van der Waals surface area (Å²) in [5, 5.41) is 2.94. The topological polar surface area (TPSA) is 47.6 Å². The molecule has 1 amide bonds. The largest absolute Gasteiger partial charge is 0.490 e. The van der Waals surface area contributed by atoms with Gasteiger partial charge in [-0.05, 0) is 58.2 Å². The number of carbonyl (C=O) groups excluding carboxylic acids is 1. The SMILES string of the molecule is O=C(NCCc1ccccc1)c1ccc(OCCOc2ccccc2)c(Br)c1. The zero-order valence-corrected chi connectivity index (χ0v) is 17.0. The minimum atomic E-state index is -0.101. The van der Waals surface area contributed by atoms with Crippen LogP contribution in [0.3, 0.4) is 0 Å². The molecule has 0 aromatic heterocycles. The predicted octanol–water partition coefficient (Wildman–Crippen LogP) is 4.88. The van der Waals surface area contributed by atoms with Crippen molar-refractivity contribution in [1.82, 2.24) is 5.32 Å². The molecular formula is C23H22BrNO3. The Balaban J connectivity index is 1.44. The molecule has 0 aliphatic rings. The molecule has 1 N–H and O–H groups in total. The molecule has 0 bridgehead atoms. The maximum Gasteiger partial charge on any atom is 0.251 e. The van der Waals surface area contributed by atoms with Crippen LogP contribution in [0.2, 0.25) is 0 Å². The standard InChI is InChI=1S/C23H22BrNO3/c24-21-17-19(23(26)25-14-13-18-7-3-1-4-8-18)11-12-22(21)28-16-15-27-20-9-5-2-6-10-20/h1-12,17H,13-16H2,(H,25,26). The molecule has 0 heterocycles. The lowest BCUT2D eigenvalue weighted by atomic mass is 10.1. The average molecular weight is 440 g/mol. The van der Waals surface area contributed by atoms with Crippen molar-refractivity contribution in [2.75, 3.05) is 19.8 Å². The average Bonchev–Trinajstić information content (AvgIpc) is 2.73. The third kappa shape index (κ3) is 6.13. The lowest BCUT2D eigenvalue weighted by Gasteiger charge is -2.11. The van der Waals surface area contributed by atoms with E-state index in [0.29, 0.717) is 31.1 Å². The van der Waals surface area contributed by atoms with Gasteiger partial charge in [0.1, 0.15) is 24.7 Å². The maximum absolute atomic E-state index is 12.3. The Morgan fingerprint density at radius 2 is 1.54 bits per heavy atom. The van der Waals surface area contributed by atoms with E-state index >= 15 is 0 Å². The van der Waals surface area contributed by atoms with Crippen molar-refractivity contribution in [3.8, 4) is 11.5 Å². The van der Waals surface area contributed by atoms with Gasteiger partial charge in [-0.2, -0.15) is 0 Å². The molecule has 28 heavy (non-hydrogen) atoms. The van der Waals surface area contributed by atoms with Crippen molar-refractivity contribution in [2.45, 2.75) is 6.42 Å².